The summed E-state index contributed by atoms with van der Waals surface area (Å²) < 4.78 is 10.1. The van der Waals surface area contributed by atoms with Crippen molar-refractivity contribution in [1.29, 1.82) is 0 Å². The highest BCUT2D eigenvalue weighted by atomic mass is 16.5. The van der Waals surface area contributed by atoms with Gasteiger partial charge in [-0.05, 0) is 25.5 Å². The Bertz CT molecular complexity index is 394. The number of rotatable bonds is 4. The molecule has 86 valence electrons. The molecule has 1 aromatic rings. The average Bonchev–Trinajstić information content (AvgIpc) is 2.29. The smallest absolute Gasteiger partial charge is 0.343 e. The number of methoxy groups -OCH3 is 1. The van der Waals surface area contributed by atoms with E-state index in [2.05, 4.69) is 6.58 Å². The van der Waals surface area contributed by atoms with Crippen molar-refractivity contribution in [2.45, 2.75) is 19.4 Å². The van der Waals surface area contributed by atoms with Crippen LogP contribution in [0.4, 0.5) is 0 Å². The fraction of sp³-hybridized carbons (Fsp3) is 0.308. The van der Waals surface area contributed by atoms with Crippen molar-refractivity contribution in [2.75, 3.05) is 7.11 Å². The van der Waals surface area contributed by atoms with Crippen LogP contribution in [0.2, 0.25) is 0 Å². The molecule has 0 aliphatic rings. The van der Waals surface area contributed by atoms with Gasteiger partial charge in [0, 0.05) is 7.11 Å². The van der Waals surface area contributed by atoms with Crippen LogP contribution in [0, 0.1) is 0 Å². The van der Waals surface area contributed by atoms with Crippen molar-refractivity contribution in [3.63, 3.8) is 0 Å². The van der Waals surface area contributed by atoms with Crippen molar-refractivity contribution < 1.29 is 14.3 Å². The summed E-state index contributed by atoms with van der Waals surface area (Å²) in [5.74, 6) is -0.421. The van der Waals surface area contributed by atoms with Crippen LogP contribution in [0.25, 0.3) is 0 Å². The summed E-state index contributed by atoms with van der Waals surface area (Å²) in [7, 11) is 1.61. The van der Waals surface area contributed by atoms with E-state index in [0.29, 0.717) is 5.56 Å². The van der Waals surface area contributed by atoms with E-state index in [1.165, 1.54) is 0 Å². The highest BCUT2D eigenvalue weighted by Gasteiger charge is 2.25. The van der Waals surface area contributed by atoms with Gasteiger partial charge in [-0.15, -0.1) is 0 Å². The molecule has 0 aliphatic heterocycles. The maximum atomic E-state index is 11.7. The van der Waals surface area contributed by atoms with Crippen molar-refractivity contribution >= 4 is 5.97 Å². The Labute approximate surface area is 95.7 Å². The van der Waals surface area contributed by atoms with Gasteiger partial charge in [0.25, 0.3) is 0 Å². The fourth-order valence-electron chi connectivity index (χ4n) is 1.44. The van der Waals surface area contributed by atoms with Crippen LogP contribution in [0.15, 0.2) is 37.1 Å². The molecule has 1 rings (SSSR count). The SMILES string of the molecule is C=COC(=O)c1ccccc1C(C)(C)OC. The Morgan fingerprint density at radius 1 is 1.38 bits per heavy atom. The summed E-state index contributed by atoms with van der Waals surface area (Å²) in [5, 5.41) is 0. The van der Waals surface area contributed by atoms with Gasteiger partial charge in [-0.25, -0.2) is 4.79 Å². The minimum Gasteiger partial charge on any atom is -0.432 e. The van der Waals surface area contributed by atoms with E-state index < -0.39 is 11.6 Å². The van der Waals surface area contributed by atoms with Gasteiger partial charge in [0.15, 0.2) is 0 Å². The monoisotopic (exact) mass is 220 g/mol. The van der Waals surface area contributed by atoms with Gasteiger partial charge in [0.1, 0.15) is 0 Å². The molecular weight excluding hydrogens is 204 g/mol. The standard InChI is InChI=1S/C13H16O3/c1-5-16-12(14)10-8-6-7-9-11(10)13(2,3)15-4/h5-9H,1H2,2-4H3. The molecule has 0 atom stereocenters. The second-order valence-corrected chi connectivity index (χ2v) is 3.83. The third-order valence-corrected chi connectivity index (χ3v) is 2.50. The van der Waals surface area contributed by atoms with Crippen LogP contribution in [-0.4, -0.2) is 13.1 Å². The van der Waals surface area contributed by atoms with E-state index in [0.717, 1.165) is 11.8 Å². The third-order valence-electron chi connectivity index (χ3n) is 2.50. The molecule has 0 saturated heterocycles. The molecule has 0 aromatic heterocycles. The van der Waals surface area contributed by atoms with Gasteiger partial charge in [0.2, 0.25) is 0 Å². The van der Waals surface area contributed by atoms with Crippen LogP contribution in [0.1, 0.15) is 29.8 Å². The molecule has 0 fully saturated rings. The second-order valence-electron chi connectivity index (χ2n) is 3.83. The largest absolute Gasteiger partial charge is 0.432 e. The Hall–Kier alpha value is -1.61. The second kappa shape index (κ2) is 4.94. The lowest BCUT2D eigenvalue weighted by molar-refractivity contribution is 0.0174. The lowest BCUT2D eigenvalue weighted by Crippen LogP contribution is -2.23. The lowest BCUT2D eigenvalue weighted by atomic mass is 9.93. The first kappa shape index (κ1) is 12.5. The van der Waals surface area contributed by atoms with Crippen molar-refractivity contribution in [3.05, 3.63) is 48.2 Å². The lowest BCUT2D eigenvalue weighted by Gasteiger charge is -2.25. The maximum absolute atomic E-state index is 11.7. The Balaban J connectivity index is 3.20. The third kappa shape index (κ3) is 2.49. The average molecular weight is 220 g/mol. The van der Waals surface area contributed by atoms with E-state index in [4.69, 9.17) is 9.47 Å². The first-order valence-corrected chi connectivity index (χ1v) is 4.99. The van der Waals surface area contributed by atoms with Crippen molar-refractivity contribution in [2.24, 2.45) is 0 Å². The molecule has 1 aromatic carbocycles. The first-order valence-electron chi connectivity index (χ1n) is 4.99. The van der Waals surface area contributed by atoms with Gasteiger partial charge in [-0.1, -0.05) is 24.8 Å². The summed E-state index contributed by atoms with van der Waals surface area (Å²) >= 11 is 0. The van der Waals surface area contributed by atoms with Crippen molar-refractivity contribution in [1.82, 2.24) is 0 Å². The van der Waals surface area contributed by atoms with Crippen LogP contribution in [-0.2, 0) is 15.1 Å². The molecule has 3 heteroatoms. The zero-order valence-corrected chi connectivity index (χ0v) is 9.82. The molecule has 0 bridgehead atoms. The molecule has 0 unspecified atom stereocenters. The molecule has 0 amide bonds. The van der Waals surface area contributed by atoms with Gasteiger partial charge in [-0.2, -0.15) is 0 Å². The van der Waals surface area contributed by atoms with Gasteiger partial charge in [-0.3, -0.25) is 0 Å². The maximum Gasteiger partial charge on any atom is 0.343 e. The number of hydrogen-bond acceptors (Lipinski definition) is 3. The molecule has 0 N–H and O–H groups in total. The van der Waals surface area contributed by atoms with E-state index in [1.54, 1.807) is 19.2 Å². The van der Waals surface area contributed by atoms with Crippen molar-refractivity contribution in [3.8, 4) is 0 Å². The Morgan fingerprint density at radius 3 is 2.56 bits per heavy atom. The number of benzene rings is 1. The summed E-state index contributed by atoms with van der Waals surface area (Å²) in [4.78, 5) is 11.7. The molecule has 0 aliphatic carbocycles. The number of carbonyl (C=O) groups excluding carboxylic acids is 1. The van der Waals surface area contributed by atoms with E-state index in [-0.39, 0.29) is 0 Å². The highest BCUT2D eigenvalue weighted by Crippen LogP contribution is 2.27. The number of esters is 1. The summed E-state index contributed by atoms with van der Waals surface area (Å²) in [6.07, 6.45) is 1.12. The van der Waals surface area contributed by atoms with E-state index >= 15 is 0 Å². The van der Waals surface area contributed by atoms with Crippen LogP contribution < -0.4 is 0 Å². The van der Waals surface area contributed by atoms with Gasteiger partial charge < -0.3 is 9.47 Å². The minimum absolute atomic E-state index is 0.421. The van der Waals surface area contributed by atoms with Crippen LogP contribution >= 0.6 is 0 Å². The fourth-order valence-corrected chi connectivity index (χ4v) is 1.44. The highest BCUT2D eigenvalue weighted by molar-refractivity contribution is 5.91. The predicted octanol–water partition coefficient (Wildman–Crippen LogP) is 2.87. The van der Waals surface area contributed by atoms with Crippen LogP contribution in [0.5, 0.6) is 0 Å². The quantitative estimate of drug-likeness (QED) is 0.578. The molecule has 3 nitrogen and oxygen atoms in total. The number of ether oxygens (including phenoxy) is 2. The van der Waals surface area contributed by atoms with Crippen LogP contribution in [0.3, 0.4) is 0 Å². The first-order chi connectivity index (χ1) is 7.53. The van der Waals surface area contributed by atoms with Gasteiger partial charge in [0.05, 0.1) is 17.4 Å². The summed E-state index contributed by atoms with van der Waals surface area (Å²) in [6.45, 7) is 7.16. The molecule has 0 saturated carbocycles. The van der Waals surface area contributed by atoms with E-state index in [1.807, 2.05) is 26.0 Å². The predicted molar refractivity (Wildman–Crippen MR) is 62.1 cm³/mol. The Kier molecular flexibility index (Phi) is 3.85. The molecule has 0 radical (unpaired) electrons. The summed E-state index contributed by atoms with van der Waals surface area (Å²) in [5.41, 5.74) is 0.759. The number of hydrogen-bond donors (Lipinski definition) is 0. The summed E-state index contributed by atoms with van der Waals surface area (Å²) in [6, 6.07) is 7.21. The zero-order valence-electron chi connectivity index (χ0n) is 9.82. The minimum atomic E-state index is -0.531. The Morgan fingerprint density at radius 2 is 2.00 bits per heavy atom. The topological polar surface area (TPSA) is 35.5 Å². The molecule has 0 heterocycles. The molecule has 16 heavy (non-hydrogen) atoms. The molecular formula is C13H16O3. The number of carbonyl (C=O) groups is 1. The van der Waals surface area contributed by atoms with Gasteiger partial charge >= 0.3 is 5.97 Å². The van der Waals surface area contributed by atoms with E-state index in [9.17, 15) is 4.79 Å². The zero-order chi connectivity index (χ0) is 12.2. The molecule has 0 spiro atoms. The normalized spacial score (nSPS) is 10.9.